The zero-order valence-corrected chi connectivity index (χ0v) is 18.3. The van der Waals surface area contributed by atoms with Gasteiger partial charge in [-0.3, -0.25) is 14.2 Å². The number of benzene rings is 3. The molecule has 4 rings (SSSR count). The van der Waals surface area contributed by atoms with Gasteiger partial charge in [-0.1, -0.05) is 60.3 Å². The van der Waals surface area contributed by atoms with Gasteiger partial charge in [0, 0.05) is 6.54 Å². The molecule has 1 amide bonds. The SMILES string of the molecule is Cc1ccc(-n2c(SCC(=O)NCc3ccccc3)nc3ccccc3c2=O)cc1C. The zero-order valence-electron chi connectivity index (χ0n) is 17.5. The van der Waals surface area contributed by atoms with Crippen molar-refractivity contribution in [1.82, 2.24) is 14.9 Å². The second-order valence-electron chi connectivity index (χ2n) is 7.37. The molecule has 1 aromatic heterocycles. The predicted octanol–water partition coefficient (Wildman–Crippen LogP) is 4.41. The fraction of sp³-hybridized carbons (Fsp3) is 0.160. The average molecular weight is 430 g/mol. The van der Waals surface area contributed by atoms with E-state index in [4.69, 9.17) is 4.98 Å². The van der Waals surface area contributed by atoms with E-state index in [2.05, 4.69) is 5.32 Å². The maximum Gasteiger partial charge on any atom is 0.266 e. The minimum atomic E-state index is -0.138. The van der Waals surface area contributed by atoms with Crippen LogP contribution in [-0.2, 0) is 11.3 Å². The summed E-state index contributed by atoms with van der Waals surface area (Å²) in [6, 6.07) is 22.9. The van der Waals surface area contributed by atoms with E-state index < -0.39 is 0 Å². The summed E-state index contributed by atoms with van der Waals surface area (Å²) in [6.07, 6.45) is 0. The Morgan fingerprint density at radius 2 is 1.71 bits per heavy atom. The summed E-state index contributed by atoms with van der Waals surface area (Å²) in [5.41, 5.74) is 4.52. The van der Waals surface area contributed by atoms with E-state index in [1.54, 1.807) is 10.6 Å². The number of carbonyl (C=O) groups is 1. The van der Waals surface area contributed by atoms with Gasteiger partial charge in [0.2, 0.25) is 5.91 Å². The Hall–Kier alpha value is -3.38. The number of aryl methyl sites for hydroxylation is 2. The molecule has 0 unspecified atom stereocenters. The number of nitrogens with one attached hydrogen (secondary N) is 1. The van der Waals surface area contributed by atoms with Crippen molar-refractivity contribution in [1.29, 1.82) is 0 Å². The standard InChI is InChI=1S/C25H23N3O2S/c1-17-12-13-20(14-18(17)2)28-24(30)21-10-6-7-11-22(21)27-25(28)31-16-23(29)26-15-19-8-4-3-5-9-19/h3-14H,15-16H2,1-2H3,(H,26,29). The molecule has 0 radical (unpaired) electrons. The third-order valence-electron chi connectivity index (χ3n) is 5.16. The lowest BCUT2D eigenvalue weighted by Crippen LogP contribution is -2.26. The third kappa shape index (κ3) is 4.70. The van der Waals surface area contributed by atoms with Gasteiger partial charge < -0.3 is 5.32 Å². The van der Waals surface area contributed by atoms with E-state index in [1.165, 1.54) is 11.8 Å². The molecule has 0 aliphatic heterocycles. The summed E-state index contributed by atoms with van der Waals surface area (Å²) >= 11 is 1.26. The van der Waals surface area contributed by atoms with Crippen LogP contribution in [0.25, 0.3) is 16.6 Å². The van der Waals surface area contributed by atoms with Gasteiger partial charge in [0.25, 0.3) is 5.56 Å². The molecule has 31 heavy (non-hydrogen) atoms. The number of amides is 1. The molecular formula is C25H23N3O2S. The number of aromatic nitrogens is 2. The van der Waals surface area contributed by atoms with Crippen molar-refractivity contribution in [2.75, 3.05) is 5.75 Å². The van der Waals surface area contributed by atoms with E-state index in [-0.39, 0.29) is 17.2 Å². The number of fused-ring (bicyclic) bond motifs is 1. The van der Waals surface area contributed by atoms with Crippen LogP contribution in [0.15, 0.2) is 82.7 Å². The zero-order chi connectivity index (χ0) is 21.8. The van der Waals surface area contributed by atoms with Crippen molar-refractivity contribution in [3.8, 4) is 5.69 Å². The Kier molecular flexibility index (Phi) is 6.18. The van der Waals surface area contributed by atoms with Crippen molar-refractivity contribution in [2.24, 2.45) is 0 Å². The monoisotopic (exact) mass is 429 g/mol. The highest BCUT2D eigenvalue weighted by Crippen LogP contribution is 2.22. The van der Waals surface area contributed by atoms with Crippen molar-refractivity contribution in [2.45, 2.75) is 25.5 Å². The first-order chi connectivity index (χ1) is 15.0. The van der Waals surface area contributed by atoms with Gasteiger partial charge in [0.1, 0.15) is 0 Å². The molecule has 1 heterocycles. The van der Waals surface area contributed by atoms with E-state index in [1.807, 2.05) is 80.6 Å². The number of nitrogens with zero attached hydrogens (tertiary/aromatic N) is 2. The molecule has 6 heteroatoms. The Morgan fingerprint density at radius 1 is 0.968 bits per heavy atom. The smallest absolute Gasteiger partial charge is 0.266 e. The fourth-order valence-electron chi connectivity index (χ4n) is 3.28. The van der Waals surface area contributed by atoms with Crippen LogP contribution in [0.4, 0.5) is 0 Å². The fourth-order valence-corrected chi connectivity index (χ4v) is 4.12. The lowest BCUT2D eigenvalue weighted by atomic mass is 10.1. The summed E-state index contributed by atoms with van der Waals surface area (Å²) in [5.74, 6) is 0.0607. The maximum atomic E-state index is 13.3. The number of carbonyl (C=O) groups excluding carboxylic acids is 1. The Balaban J connectivity index is 1.63. The highest BCUT2D eigenvalue weighted by atomic mass is 32.2. The topological polar surface area (TPSA) is 64.0 Å². The normalized spacial score (nSPS) is 10.9. The molecule has 4 aromatic rings. The molecule has 1 N–H and O–H groups in total. The molecule has 0 fully saturated rings. The summed E-state index contributed by atoms with van der Waals surface area (Å²) in [6.45, 7) is 4.52. The van der Waals surface area contributed by atoms with Gasteiger partial charge in [-0.05, 0) is 54.8 Å². The molecular weight excluding hydrogens is 406 g/mol. The van der Waals surface area contributed by atoms with Crippen LogP contribution in [-0.4, -0.2) is 21.2 Å². The molecule has 3 aromatic carbocycles. The highest BCUT2D eigenvalue weighted by molar-refractivity contribution is 7.99. The second-order valence-corrected chi connectivity index (χ2v) is 8.31. The van der Waals surface area contributed by atoms with E-state index in [0.29, 0.717) is 22.6 Å². The van der Waals surface area contributed by atoms with Crippen LogP contribution in [0.5, 0.6) is 0 Å². The first-order valence-electron chi connectivity index (χ1n) is 10.1. The molecule has 0 bridgehead atoms. The van der Waals surface area contributed by atoms with Crippen LogP contribution < -0.4 is 10.9 Å². The van der Waals surface area contributed by atoms with Crippen molar-refractivity contribution >= 4 is 28.6 Å². The summed E-state index contributed by atoms with van der Waals surface area (Å²) in [5, 5.41) is 3.98. The quantitative estimate of drug-likeness (QED) is 0.364. The lowest BCUT2D eigenvalue weighted by molar-refractivity contribution is -0.118. The molecule has 0 aliphatic carbocycles. The average Bonchev–Trinajstić information content (AvgIpc) is 2.79. The molecule has 0 aliphatic rings. The minimum Gasteiger partial charge on any atom is -0.351 e. The van der Waals surface area contributed by atoms with Crippen LogP contribution in [0, 0.1) is 13.8 Å². The Labute approximate surface area is 185 Å². The van der Waals surface area contributed by atoms with E-state index in [9.17, 15) is 9.59 Å². The molecule has 156 valence electrons. The number of para-hydroxylation sites is 1. The second kappa shape index (κ2) is 9.18. The molecule has 0 spiro atoms. The lowest BCUT2D eigenvalue weighted by Gasteiger charge is -2.14. The van der Waals surface area contributed by atoms with Gasteiger partial charge in [-0.2, -0.15) is 0 Å². The minimum absolute atomic E-state index is 0.108. The molecule has 5 nitrogen and oxygen atoms in total. The Bertz CT molecular complexity index is 1300. The number of rotatable bonds is 6. The molecule has 0 saturated carbocycles. The van der Waals surface area contributed by atoms with E-state index >= 15 is 0 Å². The molecule has 0 atom stereocenters. The highest BCUT2D eigenvalue weighted by Gasteiger charge is 2.15. The van der Waals surface area contributed by atoms with Gasteiger partial charge in [0.15, 0.2) is 5.16 Å². The number of thioether (sulfide) groups is 1. The third-order valence-corrected chi connectivity index (χ3v) is 6.10. The Morgan fingerprint density at radius 3 is 2.48 bits per heavy atom. The van der Waals surface area contributed by atoms with Gasteiger partial charge in [-0.25, -0.2) is 4.98 Å². The van der Waals surface area contributed by atoms with Gasteiger partial charge in [0.05, 0.1) is 22.3 Å². The van der Waals surface area contributed by atoms with Crippen LogP contribution in [0.2, 0.25) is 0 Å². The van der Waals surface area contributed by atoms with Gasteiger partial charge in [-0.15, -0.1) is 0 Å². The van der Waals surface area contributed by atoms with Crippen LogP contribution in [0.1, 0.15) is 16.7 Å². The molecule has 0 saturated heterocycles. The summed E-state index contributed by atoms with van der Waals surface area (Å²) in [4.78, 5) is 30.4. The van der Waals surface area contributed by atoms with Crippen molar-refractivity contribution < 1.29 is 4.79 Å². The van der Waals surface area contributed by atoms with Crippen LogP contribution >= 0.6 is 11.8 Å². The van der Waals surface area contributed by atoms with Crippen molar-refractivity contribution in [3.63, 3.8) is 0 Å². The number of hydrogen-bond donors (Lipinski definition) is 1. The largest absolute Gasteiger partial charge is 0.351 e. The predicted molar refractivity (Wildman–Crippen MR) is 126 cm³/mol. The first kappa shape index (κ1) is 20.9. The number of hydrogen-bond acceptors (Lipinski definition) is 4. The van der Waals surface area contributed by atoms with Gasteiger partial charge >= 0.3 is 0 Å². The summed E-state index contributed by atoms with van der Waals surface area (Å²) < 4.78 is 1.60. The maximum absolute atomic E-state index is 13.3. The van der Waals surface area contributed by atoms with Crippen molar-refractivity contribution in [3.05, 3.63) is 99.8 Å². The van der Waals surface area contributed by atoms with E-state index in [0.717, 1.165) is 22.4 Å². The summed E-state index contributed by atoms with van der Waals surface area (Å²) in [7, 11) is 0. The van der Waals surface area contributed by atoms with Crippen LogP contribution in [0.3, 0.4) is 0 Å². The first-order valence-corrected chi connectivity index (χ1v) is 11.0.